The van der Waals surface area contributed by atoms with E-state index in [-0.39, 0.29) is 11.9 Å². The van der Waals surface area contributed by atoms with E-state index < -0.39 is 0 Å². The van der Waals surface area contributed by atoms with Gasteiger partial charge in [-0.05, 0) is 32.6 Å². The van der Waals surface area contributed by atoms with Crippen molar-refractivity contribution >= 4 is 5.91 Å². The van der Waals surface area contributed by atoms with Crippen LogP contribution in [0.1, 0.15) is 84.6 Å². The molecule has 24 heavy (non-hydrogen) atoms. The zero-order valence-corrected chi connectivity index (χ0v) is 14.0. The van der Waals surface area contributed by atoms with E-state index in [1.165, 1.54) is 19.3 Å². The number of hydrogen-bond acceptors (Lipinski definition) is 5. The van der Waals surface area contributed by atoms with E-state index in [1.54, 1.807) is 0 Å². The van der Waals surface area contributed by atoms with Gasteiger partial charge in [-0.2, -0.15) is 0 Å². The van der Waals surface area contributed by atoms with Crippen LogP contribution in [0.25, 0.3) is 0 Å². The summed E-state index contributed by atoms with van der Waals surface area (Å²) < 4.78 is 10.6. The molecule has 4 rings (SSSR count). The fourth-order valence-corrected chi connectivity index (χ4v) is 3.98. The molecule has 1 aliphatic carbocycles. The minimum Gasteiger partial charge on any atom is -0.361 e. The predicted octanol–water partition coefficient (Wildman–Crippen LogP) is 4.00. The fourth-order valence-electron chi connectivity index (χ4n) is 3.98. The molecule has 0 radical (unpaired) electrons. The standard InChI is InChI=1S/C18H23N3O3/c1-12-10-15(20-23-12)16-8-5-9-21(16)18(22)17-11-14(19-24-17)13-6-3-2-4-7-13/h10-11,13,16H,2-9H2,1H3/t16-/m0/s1. The molecule has 128 valence electrons. The van der Waals surface area contributed by atoms with E-state index >= 15 is 0 Å². The van der Waals surface area contributed by atoms with Crippen molar-refractivity contribution in [3.63, 3.8) is 0 Å². The highest BCUT2D eigenvalue weighted by atomic mass is 16.5. The van der Waals surface area contributed by atoms with E-state index in [9.17, 15) is 4.79 Å². The first-order valence-electron chi connectivity index (χ1n) is 8.93. The second-order valence-electron chi connectivity index (χ2n) is 6.97. The minimum absolute atomic E-state index is 0.0295. The van der Waals surface area contributed by atoms with Gasteiger partial charge in [0.25, 0.3) is 5.91 Å². The van der Waals surface area contributed by atoms with Gasteiger partial charge in [-0.1, -0.05) is 29.6 Å². The zero-order chi connectivity index (χ0) is 16.5. The number of rotatable bonds is 3. The predicted molar refractivity (Wildman–Crippen MR) is 86.6 cm³/mol. The van der Waals surface area contributed by atoms with Crippen LogP contribution in [0.2, 0.25) is 0 Å². The Balaban J connectivity index is 1.51. The lowest BCUT2D eigenvalue weighted by atomic mass is 9.87. The molecule has 0 spiro atoms. The summed E-state index contributed by atoms with van der Waals surface area (Å²) in [7, 11) is 0. The molecule has 1 saturated heterocycles. The van der Waals surface area contributed by atoms with Gasteiger partial charge in [-0.15, -0.1) is 0 Å². The van der Waals surface area contributed by atoms with E-state index in [2.05, 4.69) is 10.3 Å². The largest absolute Gasteiger partial charge is 0.361 e. The molecule has 1 saturated carbocycles. The van der Waals surface area contributed by atoms with Gasteiger partial charge in [0.2, 0.25) is 5.76 Å². The SMILES string of the molecule is Cc1cc([C@@H]2CCCN2C(=O)c2cc(C3CCCCC3)no2)no1. The number of carbonyl (C=O) groups excluding carboxylic acids is 1. The molecule has 2 aliphatic rings. The van der Waals surface area contributed by atoms with Crippen LogP contribution in [0.15, 0.2) is 21.2 Å². The normalized spacial score (nSPS) is 22.2. The molecule has 3 heterocycles. The van der Waals surface area contributed by atoms with Crippen LogP contribution >= 0.6 is 0 Å². The first kappa shape index (κ1) is 15.4. The topological polar surface area (TPSA) is 72.4 Å². The van der Waals surface area contributed by atoms with Crippen LogP contribution in [-0.4, -0.2) is 27.7 Å². The molecule has 6 nitrogen and oxygen atoms in total. The maximum absolute atomic E-state index is 12.9. The average molecular weight is 329 g/mol. The minimum atomic E-state index is -0.0901. The lowest BCUT2D eigenvalue weighted by Gasteiger charge is -2.21. The van der Waals surface area contributed by atoms with Crippen LogP contribution in [0.3, 0.4) is 0 Å². The highest BCUT2D eigenvalue weighted by molar-refractivity contribution is 5.92. The van der Waals surface area contributed by atoms with Gasteiger partial charge in [0.1, 0.15) is 11.5 Å². The summed E-state index contributed by atoms with van der Waals surface area (Å²) in [4.78, 5) is 14.7. The van der Waals surface area contributed by atoms with Crippen molar-refractivity contribution in [2.75, 3.05) is 6.54 Å². The maximum Gasteiger partial charge on any atom is 0.293 e. The highest BCUT2D eigenvalue weighted by Gasteiger charge is 2.34. The van der Waals surface area contributed by atoms with Crippen molar-refractivity contribution < 1.29 is 13.8 Å². The molecule has 1 aliphatic heterocycles. The molecule has 6 heteroatoms. The van der Waals surface area contributed by atoms with Crippen LogP contribution in [-0.2, 0) is 0 Å². The zero-order valence-electron chi connectivity index (χ0n) is 14.0. The number of hydrogen-bond donors (Lipinski definition) is 0. The van der Waals surface area contributed by atoms with Crippen molar-refractivity contribution in [2.45, 2.75) is 63.8 Å². The molecule has 0 unspecified atom stereocenters. The molecule has 0 N–H and O–H groups in total. The van der Waals surface area contributed by atoms with Crippen molar-refractivity contribution in [1.82, 2.24) is 15.2 Å². The third-order valence-corrected chi connectivity index (χ3v) is 5.26. The maximum atomic E-state index is 12.9. The van der Waals surface area contributed by atoms with Crippen LogP contribution in [0.5, 0.6) is 0 Å². The first-order valence-corrected chi connectivity index (χ1v) is 8.93. The summed E-state index contributed by atoms with van der Waals surface area (Å²) in [5, 5.41) is 8.27. The summed E-state index contributed by atoms with van der Waals surface area (Å²) in [5.41, 5.74) is 1.76. The van der Waals surface area contributed by atoms with E-state index in [0.29, 0.717) is 11.7 Å². The summed E-state index contributed by atoms with van der Waals surface area (Å²) in [6.07, 6.45) is 7.93. The second-order valence-corrected chi connectivity index (χ2v) is 6.97. The van der Waals surface area contributed by atoms with Gasteiger partial charge >= 0.3 is 0 Å². The molecule has 0 aromatic carbocycles. The van der Waals surface area contributed by atoms with Gasteiger partial charge in [0.05, 0.1) is 11.7 Å². The van der Waals surface area contributed by atoms with Crippen molar-refractivity contribution in [2.24, 2.45) is 0 Å². The Morgan fingerprint density at radius 1 is 1.04 bits per heavy atom. The second kappa shape index (κ2) is 6.42. The number of carbonyl (C=O) groups is 1. The van der Waals surface area contributed by atoms with Crippen molar-refractivity contribution in [3.8, 4) is 0 Å². The summed E-state index contributed by atoms with van der Waals surface area (Å²) in [6, 6.07) is 3.73. The lowest BCUT2D eigenvalue weighted by Crippen LogP contribution is -2.30. The Kier molecular flexibility index (Phi) is 4.12. The Hall–Kier alpha value is -2.11. The average Bonchev–Trinajstić information content (AvgIpc) is 3.35. The number of aryl methyl sites for hydroxylation is 1. The molecule has 2 aromatic heterocycles. The molecular formula is C18H23N3O3. The fraction of sp³-hybridized carbons (Fsp3) is 0.611. The van der Waals surface area contributed by atoms with Crippen LogP contribution < -0.4 is 0 Å². The molecular weight excluding hydrogens is 306 g/mol. The summed E-state index contributed by atoms with van der Waals surface area (Å²) in [5.74, 6) is 1.47. The third-order valence-electron chi connectivity index (χ3n) is 5.26. The Morgan fingerprint density at radius 2 is 1.83 bits per heavy atom. The number of amides is 1. The first-order chi connectivity index (χ1) is 11.7. The number of likely N-dealkylation sites (tertiary alicyclic amines) is 1. The molecule has 1 amide bonds. The van der Waals surface area contributed by atoms with Gasteiger partial charge in [0.15, 0.2) is 0 Å². The molecule has 1 atom stereocenters. The highest BCUT2D eigenvalue weighted by Crippen LogP contribution is 2.35. The van der Waals surface area contributed by atoms with Crippen LogP contribution in [0, 0.1) is 6.92 Å². The Morgan fingerprint density at radius 3 is 2.58 bits per heavy atom. The monoisotopic (exact) mass is 329 g/mol. The van der Waals surface area contributed by atoms with Crippen LogP contribution in [0.4, 0.5) is 0 Å². The third kappa shape index (κ3) is 2.85. The molecule has 0 bridgehead atoms. The Bertz CT molecular complexity index is 715. The van der Waals surface area contributed by atoms with Gasteiger partial charge < -0.3 is 13.9 Å². The van der Waals surface area contributed by atoms with E-state index in [0.717, 1.165) is 49.4 Å². The lowest BCUT2D eigenvalue weighted by molar-refractivity contribution is 0.0688. The molecule has 2 aromatic rings. The van der Waals surface area contributed by atoms with Crippen molar-refractivity contribution in [1.29, 1.82) is 0 Å². The quantitative estimate of drug-likeness (QED) is 0.851. The van der Waals surface area contributed by atoms with E-state index in [1.807, 2.05) is 24.0 Å². The van der Waals surface area contributed by atoms with Gasteiger partial charge in [-0.3, -0.25) is 4.79 Å². The van der Waals surface area contributed by atoms with Crippen molar-refractivity contribution in [3.05, 3.63) is 35.0 Å². The Labute approximate surface area is 141 Å². The number of nitrogens with zero attached hydrogens (tertiary/aromatic N) is 3. The summed E-state index contributed by atoms with van der Waals surface area (Å²) in [6.45, 7) is 2.58. The smallest absolute Gasteiger partial charge is 0.293 e. The van der Waals surface area contributed by atoms with Gasteiger partial charge in [0, 0.05) is 24.6 Å². The summed E-state index contributed by atoms with van der Waals surface area (Å²) >= 11 is 0. The van der Waals surface area contributed by atoms with E-state index in [4.69, 9.17) is 9.05 Å². The molecule has 2 fully saturated rings. The van der Waals surface area contributed by atoms with Gasteiger partial charge in [-0.25, -0.2) is 0 Å². The number of aromatic nitrogens is 2.